The maximum atomic E-state index is 13.6. The molecular weight excluding hydrogens is 320 g/mol. The van der Waals surface area contributed by atoms with E-state index in [-0.39, 0.29) is 10.4 Å². The van der Waals surface area contributed by atoms with Crippen molar-refractivity contribution in [1.82, 2.24) is 8.75 Å². The van der Waals surface area contributed by atoms with Crippen molar-refractivity contribution in [2.45, 2.75) is 4.90 Å². The normalized spacial score (nSPS) is 11.7. The monoisotopic (exact) mass is 327 g/mol. The van der Waals surface area contributed by atoms with E-state index in [9.17, 15) is 17.2 Å². The van der Waals surface area contributed by atoms with E-state index in [2.05, 4.69) is 8.75 Å². The minimum absolute atomic E-state index is 0.159. The number of sulfonamides is 1. The minimum Gasteiger partial charge on any atom is -0.274 e. The number of hydrogen-bond acceptors (Lipinski definition) is 5. The number of para-hydroxylation sites is 1. The molecule has 0 aliphatic heterocycles. The SMILES string of the molecule is O=S(=O)(Nc1c(F)cccc1F)c1cccc2nsnc12. The lowest BCUT2D eigenvalue weighted by Crippen LogP contribution is -2.15. The average Bonchev–Trinajstić information content (AvgIpc) is 2.91. The second kappa shape index (κ2) is 5.01. The summed E-state index contributed by atoms with van der Waals surface area (Å²) in [7, 11) is -4.18. The molecule has 0 spiro atoms. The lowest BCUT2D eigenvalue weighted by molar-refractivity contribution is 0.583. The third-order valence-corrected chi connectivity index (χ3v) is 4.66. The van der Waals surface area contributed by atoms with Crippen molar-refractivity contribution in [3.63, 3.8) is 0 Å². The molecule has 3 rings (SSSR count). The van der Waals surface area contributed by atoms with Crippen molar-refractivity contribution in [2.24, 2.45) is 0 Å². The standard InChI is InChI=1S/C12H7F2N3O2S2/c13-7-3-1-4-8(14)11(7)17-21(18,19)10-6-2-5-9-12(10)16-20-15-9/h1-6,17H. The lowest BCUT2D eigenvalue weighted by Gasteiger charge is -2.09. The summed E-state index contributed by atoms with van der Waals surface area (Å²) < 4.78 is 61.5. The number of benzene rings is 2. The van der Waals surface area contributed by atoms with Gasteiger partial charge >= 0.3 is 0 Å². The third-order valence-electron chi connectivity index (χ3n) is 2.74. The van der Waals surface area contributed by atoms with E-state index >= 15 is 0 Å². The zero-order valence-electron chi connectivity index (χ0n) is 10.2. The van der Waals surface area contributed by atoms with Crippen molar-refractivity contribution < 1.29 is 17.2 Å². The number of nitrogens with one attached hydrogen (secondary N) is 1. The number of nitrogens with zero attached hydrogens (tertiary/aromatic N) is 2. The van der Waals surface area contributed by atoms with Crippen molar-refractivity contribution in [1.29, 1.82) is 0 Å². The van der Waals surface area contributed by atoms with Gasteiger partial charge in [-0.05, 0) is 24.3 Å². The highest BCUT2D eigenvalue weighted by atomic mass is 32.2. The number of aromatic nitrogens is 2. The Kier molecular flexibility index (Phi) is 3.30. The maximum Gasteiger partial charge on any atom is 0.264 e. The summed E-state index contributed by atoms with van der Waals surface area (Å²) >= 11 is 0.855. The number of rotatable bonds is 3. The van der Waals surface area contributed by atoms with Crippen LogP contribution in [-0.2, 0) is 10.0 Å². The maximum absolute atomic E-state index is 13.6. The van der Waals surface area contributed by atoms with Gasteiger partial charge in [-0.3, -0.25) is 4.72 Å². The molecule has 0 aliphatic carbocycles. The van der Waals surface area contributed by atoms with Gasteiger partial charge in [0, 0.05) is 0 Å². The quantitative estimate of drug-likeness (QED) is 0.803. The fraction of sp³-hybridized carbons (Fsp3) is 0. The van der Waals surface area contributed by atoms with Crippen LogP contribution in [0.1, 0.15) is 0 Å². The highest BCUT2D eigenvalue weighted by Crippen LogP contribution is 2.26. The van der Waals surface area contributed by atoms with E-state index in [4.69, 9.17) is 0 Å². The molecule has 0 saturated carbocycles. The molecule has 5 nitrogen and oxygen atoms in total. The molecule has 0 bridgehead atoms. The van der Waals surface area contributed by atoms with Gasteiger partial charge in [0.05, 0.1) is 11.7 Å². The van der Waals surface area contributed by atoms with Crippen LogP contribution < -0.4 is 4.72 Å². The van der Waals surface area contributed by atoms with Crippen LogP contribution in [0.25, 0.3) is 11.0 Å². The minimum atomic E-state index is -4.18. The first-order valence-electron chi connectivity index (χ1n) is 5.67. The summed E-state index contributed by atoms with van der Waals surface area (Å²) in [5.74, 6) is -2.00. The van der Waals surface area contributed by atoms with Crippen LogP contribution in [0.5, 0.6) is 0 Å². The topological polar surface area (TPSA) is 72.0 Å². The van der Waals surface area contributed by atoms with Gasteiger partial charge in [0.1, 0.15) is 33.3 Å². The second-order valence-corrected chi connectivity index (χ2v) is 6.27. The fourth-order valence-corrected chi connectivity index (χ4v) is 3.63. The van der Waals surface area contributed by atoms with Gasteiger partial charge in [0.25, 0.3) is 10.0 Å². The molecule has 108 valence electrons. The molecule has 21 heavy (non-hydrogen) atoms. The Bertz CT molecular complexity index is 905. The molecular formula is C12H7F2N3O2S2. The average molecular weight is 327 g/mol. The molecule has 0 atom stereocenters. The van der Waals surface area contributed by atoms with E-state index in [1.165, 1.54) is 12.1 Å². The van der Waals surface area contributed by atoms with Gasteiger partial charge in [0.2, 0.25) is 0 Å². The van der Waals surface area contributed by atoms with Crippen LogP contribution in [0.3, 0.4) is 0 Å². The van der Waals surface area contributed by atoms with Crippen molar-refractivity contribution in [2.75, 3.05) is 4.72 Å². The summed E-state index contributed by atoms with van der Waals surface area (Å²) in [4.78, 5) is -0.184. The Labute approximate surface area is 122 Å². The Hall–Kier alpha value is -2.13. The third kappa shape index (κ3) is 2.45. The summed E-state index contributed by atoms with van der Waals surface area (Å²) in [6.45, 7) is 0. The number of hydrogen-bond donors (Lipinski definition) is 1. The van der Waals surface area contributed by atoms with E-state index < -0.39 is 27.3 Å². The van der Waals surface area contributed by atoms with Crippen LogP contribution in [0.4, 0.5) is 14.5 Å². The molecule has 1 aromatic heterocycles. The first kappa shape index (κ1) is 13.8. The first-order chi connectivity index (χ1) is 9.99. The number of halogens is 2. The van der Waals surface area contributed by atoms with E-state index in [1.54, 1.807) is 6.07 Å². The largest absolute Gasteiger partial charge is 0.274 e. The highest BCUT2D eigenvalue weighted by Gasteiger charge is 2.22. The van der Waals surface area contributed by atoms with Crippen molar-refractivity contribution >= 4 is 38.5 Å². The summed E-state index contributed by atoms with van der Waals surface area (Å²) in [6.07, 6.45) is 0. The smallest absolute Gasteiger partial charge is 0.264 e. The first-order valence-corrected chi connectivity index (χ1v) is 7.88. The molecule has 0 unspecified atom stereocenters. The predicted octanol–water partition coefficient (Wildman–Crippen LogP) is 2.77. The Morgan fingerprint density at radius 2 is 1.67 bits per heavy atom. The van der Waals surface area contributed by atoms with Gasteiger partial charge in [-0.2, -0.15) is 8.75 Å². The van der Waals surface area contributed by atoms with Crippen LogP contribution in [0.2, 0.25) is 0 Å². The molecule has 3 aromatic rings. The molecule has 2 aromatic carbocycles. The zero-order valence-corrected chi connectivity index (χ0v) is 11.9. The molecule has 0 radical (unpaired) electrons. The molecule has 0 amide bonds. The second-order valence-electron chi connectivity index (χ2n) is 4.09. The van der Waals surface area contributed by atoms with Crippen molar-refractivity contribution in [3.8, 4) is 0 Å². The van der Waals surface area contributed by atoms with Crippen molar-refractivity contribution in [3.05, 3.63) is 48.0 Å². The Morgan fingerprint density at radius 1 is 1.00 bits per heavy atom. The number of anilines is 1. The van der Waals surface area contributed by atoms with Gasteiger partial charge < -0.3 is 0 Å². The van der Waals surface area contributed by atoms with E-state index in [0.717, 1.165) is 29.9 Å². The van der Waals surface area contributed by atoms with Gasteiger partial charge in [-0.15, -0.1) is 0 Å². The predicted molar refractivity (Wildman–Crippen MR) is 74.6 cm³/mol. The molecule has 1 heterocycles. The van der Waals surface area contributed by atoms with Gasteiger partial charge in [-0.25, -0.2) is 17.2 Å². The Morgan fingerprint density at radius 3 is 2.38 bits per heavy atom. The summed E-state index contributed by atoms with van der Waals surface area (Å²) in [5.41, 5.74) is -0.165. The van der Waals surface area contributed by atoms with Crippen LogP contribution in [0.15, 0.2) is 41.3 Å². The Balaban J connectivity index is 2.11. The van der Waals surface area contributed by atoms with E-state index in [1.807, 2.05) is 4.72 Å². The fourth-order valence-electron chi connectivity index (χ4n) is 1.78. The molecule has 0 fully saturated rings. The molecule has 1 N–H and O–H groups in total. The van der Waals surface area contributed by atoms with Crippen LogP contribution in [0, 0.1) is 11.6 Å². The lowest BCUT2D eigenvalue weighted by atomic mass is 10.3. The molecule has 0 aliphatic rings. The van der Waals surface area contributed by atoms with E-state index in [0.29, 0.717) is 5.52 Å². The molecule has 0 saturated heterocycles. The highest BCUT2D eigenvalue weighted by molar-refractivity contribution is 7.93. The number of fused-ring (bicyclic) bond motifs is 1. The van der Waals surface area contributed by atoms with Gasteiger partial charge in [0.15, 0.2) is 0 Å². The summed E-state index contributed by atoms with van der Waals surface area (Å²) in [6, 6.07) is 7.45. The van der Waals surface area contributed by atoms with Crippen LogP contribution in [-0.4, -0.2) is 17.2 Å². The van der Waals surface area contributed by atoms with Crippen LogP contribution >= 0.6 is 11.7 Å². The molecule has 9 heteroatoms. The summed E-state index contributed by atoms with van der Waals surface area (Å²) in [5, 5.41) is 0. The zero-order chi connectivity index (χ0) is 15.0. The van der Waals surface area contributed by atoms with Gasteiger partial charge in [-0.1, -0.05) is 12.1 Å².